The third-order valence-corrected chi connectivity index (χ3v) is 3.72. The second kappa shape index (κ2) is 5.96. The summed E-state index contributed by atoms with van der Waals surface area (Å²) in [6.07, 6.45) is 2.66. The highest BCUT2D eigenvalue weighted by Gasteiger charge is 2.14. The molecule has 0 aromatic heterocycles. The van der Waals surface area contributed by atoms with E-state index in [0.717, 1.165) is 24.7 Å². The highest BCUT2D eigenvalue weighted by Crippen LogP contribution is 2.19. The summed E-state index contributed by atoms with van der Waals surface area (Å²) in [5.74, 6) is 0.895. The molecule has 0 amide bonds. The molecule has 5 N–H and O–H groups in total. The van der Waals surface area contributed by atoms with Crippen molar-refractivity contribution in [3.8, 4) is 0 Å². The van der Waals surface area contributed by atoms with Crippen molar-refractivity contribution in [2.24, 2.45) is 5.92 Å². The molecule has 0 unspecified atom stereocenters. The molecule has 100 valence electrons. The van der Waals surface area contributed by atoms with E-state index in [1.807, 2.05) is 18.2 Å². The number of hydrogen-bond acceptors (Lipinski definition) is 4. The van der Waals surface area contributed by atoms with E-state index in [0.29, 0.717) is 11.4 Å². The van der Waals surface area contributed by atoms with E-state index in [4.69, 9.17) is 11.5 Å². The zero-order valence-electron chi connectivity index (χ0n) is 11.2. The normalized spacial score (nSPS) is 17.8. The average Bonchev–Trinajstić information content (AvgIpc) is 2.36. The Balaban J connectivity index is 1.73. The molecule has 1 heterocycles. The maximum absolute atomic E-state index is 5.78. The van der Waals surface area contributed by atoms with Gasteiger partial charge in [-0.1, -0.05) is 6.92 Å². The minimum atomic E-state index is 0.644. The monoisotopic (exact) mass is 248 g/mol. The molecule has 1 saturated heterocycles. The lowest BCUT2D eigenvalue weighted by molar-refractivity contribution is 0.199. The molecule has 1 fully saturated rings. The van der Waals surface area contributed by atoms with Gasteiger partial charge in [0.05, 0.1) is 11.4 Å². The van der Waals surface area contributed by atoms with Crippen molar-refractivity contribution in [1.29, 1.82) is 0 Å². The zero-order chi connectivity index (χ0) is 13.0. The Morgan fingerprint density at radius 1 is 1.22 bits per heavy atom. The van der Waals surface area contributed by atoms with Crippen LogP contribution in [-0.2, 0) is 0 Å². The quantitative estimate of drug-likeness (QED) is 0.713. The Bertz CT molecular complexity index is 383. The number of benzene rings is 1. The van der Waals surface area contributed by atoms with Gasteiger partial charge in [-0.05, 0) is 50.0 Å². The maximum atomic E-state index is 5.78. The van der Waals surface area contributed by atoms with Crippen molar-refractivity contribution in [3.05, 3.63) is 18.2 Å². The zero-order valence-corrected chi connectivity index (χ0v) is 11.2. The molecule has 4 heteroatoms. The largest absolute Gasteiger partial charge is 0.397 e. The Morgan fingerprint density at radius 3 is 2.61 bits per heavy atom. The second-order valence-electron chi connectivity index (χ2n) is 5.29. The molecule has 0 spiro atoms. The summed E-state index contributed by atoms with van der Waals surface area (Å²) >= 11 is 0. The number of rotatable bonds is 4. The number of likely N-dealkylation sites (tertiary alicyclic amines) is 1. The van der Waals surface area contributed by atoms with Crippen LogP contribution in [-0.4, -0.2) is 31.1 Å². The van der Waals surface area contributed by atoms with Gasteiger partial charge in [0.15, 0.2) is 0 Å². The number of nitrogens with one attached hydrogen (secondary N) is 1. The first kappa shape index (κ1) is 13.0. The van der Waals surface area contributed by atoms with E-state index in [-0.39, 0.29) is 0 Å². The van der Waals surface area contributed by atoms with Crippen LogP contribution in [0.5, 0.6) is 0 Å². The third kappa shape index (κ3) is 3.53. The summed E-state index contributed by atoms with van der Waals surface area (Å²) in [5.41, 5.74) is 13.8. The van der Waals surface area contributed by atoms with Crippen LogP contribution in [0.4, 0.5) is 17.1 Å². The molecule has 1 aromatic rings. The fraction of sp³-hybridized carbons (Fsp3) is 0.571. The molecule has 1 aliphatic heterocycles. The summed E-state index contributed by atoms with van der Waals surface area (Å²) in [6.45, 7) is 6.85. The smallest absolute Gasteiger partial charge is 0.0568 e. The number of hydrogen-bond donors (Lipinski definition) is 3. The van der Waals surface area contributed by atoms with Crippen LogP contribution in [0.15, 0.2) is 18.2 Å². The molecule has 18 heavy (non-hydrogen) atoms. The van der Waals surface area contributed by atoms with Crippen molar-refractivity contribution < 1.29 is 0 Å². The topological polar surface area (TPSA) is 67.3 Å². The van der Waals surface area contributed by atoms with Crippen molar-refractivity contribution in [1.82, 2.24) is 4.90 Å². The average molecular weight is 248 g/mol. The second-order valence-corrected chi connectivity index (χ2v) is 5.29. The van der Waals surface area contributed by atoms with Gasteiger partial charge in [-0.15, -0.1) is 0 Å². The Morgan fingerprint density at radius 2 is 1.94 bits per heavy atom. The summed E-state index contributed by atoms with van der Waals surface area (Å²) < 4.78 is 0. The lowest BCUT2D eigenvalue weighted by Gasteiger charge is -2.30. The van der Waals surface area contributed by atoms with Gasteiger partial charge in [-0.2, -0.15) is 0 Å². The first-order chi connectivity index (χ1) is 8.65. The van der Waals surface area contributed by atoms with Crippen molar-refractivity contribution in [2.75, 3.05) is 43.0 Å². The Hall–Kier alpha value is -1.42. The molecule has 4 nitrogen and oxygen atoms in total. The van der Waals surface area contributed by atoms with Crippen LogP contribution >= 0.6 is 0 Å². The standard InChI is InChI=1S/C14H24N4/c1-11-4-7-18(8-5-11)9-6-17-12-2-3-13(15)14(16)10-12/h2-3,10-11,17H,4-9,15-16H2,1H3. The van der Waals surface area contributed by atoms with E-state index in [1.165, 1.54) is 25.9 Å². The van der Waals surface area contributed by atoms with Crippen LogP contribution < -0.4 is 16.8 Å². The Kier molecular flexibility index (Phi) is 4.31. The lowest BCUT2D eigenvalue weighted by Crippen LogP contribution is -2.36. The third-order valence-electron chi connectivity index (χ3n) is 3.72. The van der Waals surface area contributed by atoms with Gasteiger partial charge in [0.1, 0.15) is 0 Å². The van der Waals surface area contributed by atoms with E-state index in [9.17, 15) is 0 Å². The van der Waals surface area contributed by atoms with Crippen molar-refractivity contribution >= 4 is 17.1 Å². The predicted octanol–water partition coefficient (Wildman–Crippen LogP) is 1.99. The summed E-state index contributed by atoms with van der Waals surface area (Å²) in [6, 6.07) is 5.72. The molecule has 1 aromatic carbocycles. The molecular formula is C14H24N4. The van der Waals surface area contributed by atoms with E-state index < -0.39 is 0 Å². The van der Waals surface area contributed by atoms with Gasteiger partial charge in [0.25, 0.3) is 0 Å². The molecule has 0 atom stereocenters. The molecule has 0 radical (unpaired) electrons. The fourth-order valence-corrected chi connectivity index (χ4v) is 2.33. The summed E-state index contributed by atoms with van der Waals surface area (Å²) in [5, 5.41) is 3.39. The number of nitrogens with zero attached hydrogens (tertiary/aromatic N) is 1. The first-order valence-electron chi connectivity index (χ1n) is 6.76. The molecular weight excluding hydrogens is 224 g/mol. The van der Waals surface area contributed by atoms with Crippen molar-refractivity contribution in [2.45, 2.75) is 19.8 Å². The summed E-state index contributed by atoms with van der Waals surface area (Å²) in [4.78, 5) is 2.52. The van der Waals surface area contributed by atoms with E-state index in [1.54, 1.807) is 0 Å². The van der Waals surface area contributed by atoms with Crippen LogP contribution in [0.1, 0.15) is 19.8 Å². The van der Waals surface area contributed by atoms with Crippen LogP contribution in [0, 0.1) is 5.92 Å². The first-order valence-corrected chi connectivity index (χ1v) is 6.76. The highest BCUT2D eigenvalue weighted by atomic mass is 15.1. The summed E-state index contributed by atoms with van der Waals surface area (Å²) in [7, 11) is 0. The minimum absolute atomic E-state index is 0.644. The van der Waals surface area contributed by atoms with E-state index >= 15 is 0 Å². The highest BCUT2D eigenvalue weighted by molar-refractivity contribution is 5.69. The lowest BCUT2D eigenvalue weighted by atomic mass is 9.99. The van der Waals surface area contributed by atoms with Gasteiger partial charge in [-0.3, -0.25) is 0 Å². The van der Waals surface area contributed by atoms with Crippen LogP contribution in [0.2, 0.25) is 0 Å². The molecule has 2 rings (SSSR count). The molecule has 0 saturated carbocycles. The van der Waals surface area contributed by atoms with Gasteiger partial charge < -0.3 is 21.7 Å². The van der Waals surface area contributed by atoms with Gasteiger partial charge in [-0.25, -0.2) is 0 Å². The molecule has 1 aliphatic rings. The van der Waals surface area contributed by atoms with E-state index in [2.05, 4.69) is 17.1 Å². The maximum Gasteiger partial charge on any atom is 0.0568 e. The van der Waals surface area contributed by atoms with Crippen LogP contribution in [0.3, 0.4) is 0 Å². The van der Waals surface area contributed by atoms with Crippen molar-refractivity contribution in [3.63, 3.8) is 0 Å². The fourth-order valence-electron chi connectivity index (χ4n) is 2.33. The van der Waals surface area contributed by atoms with Gasteiger partial charge >= 0.3 is 0 Å². The molecule has 0 aliphatic carbocycles. The van der Waals surface area contributed by atoms with Gasteiger partial charge in [0.2, 0.25) is 0 Å². The number of piperidine rings is 1. The predicted molar refractivity (Wildman–Crippen MR) is 78.6 cm³/mol. The molecule has 0 bridgehead atoms. The minimum Gasteiger partial charge on any atom is -0.397 e. The SMILES string of the molecule is CC1CCN(CCNc2ccc(N)c(N)c2)CC1. The number of nitrogen functional groups attached to an aromatic ring is 2. The Labute approximate surface area is 109 Å². The van der Waals surface area contributed by atoms with Gasteiger partial charge in [0, 0.05) is 18.8 Å². The van der Waals surface area contributed by atoms with Crippen LogP contribution in [0.25, 0.3) is 0 Å². The number of anilines is 3. The number of nitrogens with two attached hydrogens (primary N) is 2.